The topological polar surface area (TPSA) is 63.3 Å². The molecule has 16 heavy (non-hydrogen) atoms. The Morgan fingerprint density at radius 3 is 2.44 bits per heavy atom. The van der Waals surface area contributed by atoms with Crippen LogP contribution in [0.2, 0.25) is 0 Å². The molecule has 1 unspecified atom stereocenters. The van der Waals surface area contributed by atoms with E-state index in [1.165, 1.54) is 4.90 Å². The van der Waals surface area contributed by atoms with Gasteiger partial charge < -0.3 is 10.8 Å². The molecule has 1 aromatic rings. The van der Waals surface area contributed by atoms with E-state index in [0.717, 1.165) is 11.3 Å². The molecule has 0 amide bonds. The first-order chi connectivity index (χ1) is 7.45. The number of carboxylic acid groups (broad SMARTS) is 1. The summed E-state index contributed by atoms with van der Waals surface area (Å²) < 4.78 is 0. The lowest BCUT2D eigenvalue weighted by Gasteiger charge is -2.23. The number of thioether (sulfide) groups is 1. The monoisotopic (exact) mass is 239 g/mol. The Morgan fingerprint density at radius 1 is 1.44 bits per heavy atom. The molecule has 0 bridgehead atoms. The zero-order valence-electron chi connectivity index (χ0n) is 9.56. The van der Waals surface area contributed by atoms with Crippen molar-refractivity contribution in [2.24, 2.45) is 5.73 Å². The summed E-state index contributed by atoms with van der Waals surface area (Å²) in [6.45, 7) is 3.83. The SMILES string of the molecule is CCSc1ccc(C(C)(N)CC(=O)O)cc1. The van der Waals surface area contributed by atoms with Crippen molar-refractivity contribution in [3.05, 3.63) is 29.8 Å². The van der Waals surface area contributed by atoms with Crippen LogP contribution >= 0.6 is 11.8 Å². The van der Waals surface area contributed by atoms with Gasteiger partial charge in [0.1, 0.15) is 0 Å². The highest BCUT2D eigenvalue weighted by Gasteiger charge is 2.24. The van der Waals surface area contributed by atoms with Crippen LogP contribution in [-0.2, 0) is 10.3 Å². The Bertz CT molecular complexity index is 360. The fourth-order valence-corrected chi connectivity index (χ4v) is 2.18. The lowest BCUT2D eigenvalue weighted by Crippen LogP contribution is -2.35. The smallest absolute Gasteiger partial charge is 0.305 e. The summed E-state index contributed by atoms with van der Waals surface area (Å²) in [5.74, 6) is 0.144. The van der Waals surface area contributed by atoms with Crippen LogP contribution in [0.3, 0.4) is 0 Å². The highest BCUT2D eigenvalue weighted by atomic mass is 32.2. The number of carboxylic acids is 1. The van der Waals surface area contributed by atoms with Gasteiger partial charge in [0.2, 0.25) is 0 Å². The number of hydrogen-bond acceptors (Lipinski definition) is 3. The number of benzene rings is 1. The van der Waals surface area contributed by atoms with Crippen LogP contribution in [0.5, 0.6) is 0 Å². The van der Waals surface area contributed by atoms with Gasteiger partial charge in [0.05, 0.1) is 6.42 Å². The quantitative estimate of drug-likeness (QED) is 0.775. The average molecular weight is 239 g/mol. The maximum Gasteiger partial charge on any atom is 0.305 e. The van der Waals surface area contributed by atoms with E-state index in [2.05, 4.69) is 6.92 Å². The molecule has 0 spiro atoms. The normalized spacial score (nSPS) is 14.4. The van der Waals surface area contributed by atoms with Gasteiger partial charge in [-0.2, -0.15) is 0 Å². The van der Waals surface area contributed by atoms with E-state index in [1.807, 2.05) is 24.3 Å². The molecule has 3 nitrogen and oxygen atoms in total. The Kier molecular flexibility index (Phi) is 4.38. The summed E-state index contributed by atoms with van der Waals surface area (Å²) in [5.41, 5.74) is 6.03. The van der Waals surface area contributed by atoms with E-state index in [-0.39, 0.29) is 6.42 Å². The second-order valence-corrected chi connectivity index (χ2v) is 5.28. The highest BCUT2D eigenvalue weighted by Crippen LogP contribution is 2.25. The first-order valence-electron chi connectivity index (χ1n) is 5.19. The predicted molar refractivity (Wildman–Crippen MR) is 66.6 cm³/mol. The van der Waals surface area contributed by atoms with Crippen molar-refractivity contribution < 1.29 is 9.90 Å². The molecule has 0 heterocycles. The minimum absolute atomic E-state index is 0.0622. The van der Waals surface area contributed by atoms with E-state index in [4.69, 9.17) is 10.8 Å². The minimum atomic E-state index is -0.878. The van der Waals surface area contributed by atoms with Crippen LogP contribution in [0.4, 0.5) is 0 Å². The second-order valence-electron chi connectivity index (χ2n) is 3.95. The molecule has 3 N–H and O–H groups in total. The molecular formula is C12H17NO2S. The number of rotatable bonds is 5. The first kappa shape index (κ1) is 13.1. The maximum atomic E-state index is 10.7. The van der Waals surface area contributed by atoms with Crippen molar-refractivity contribution in [3.8, 4) is 0 Å². The van der Waals surface area contributed by atoms with E-state index < -0.39 is 11.5 Å². The molecule has 0 aliphatic heterocycles. The number of carbonyl (C=O) groups is 1. The molecule has 1 atom stereocenters. The zero-order chi connectivity index (χ0) is 12.2. The van der Waals surface area contributed by atoms with Crippen molar-refractivity contribution in [2.75, 3.05) is 5.75 Å². The summed E-state index contributed by atoms with van der Waals surface area (Å²) in [6.07, 6.45) is -0.0622. The van der Waals surface area contributed by atoms with Crippen LogP contribution in [-0.4, -0.2) is 16.8 Å². The molecule has 4 heteroatoms. The summed E-state index contributed by atoms with van der Waals surface area (Å²) in [6, 6.07) is 7.77. The highest BCUT2D eigenvalue weighted by molar-refractivity contribution is 7.99. The number of hydrogen-bond donors (Lipinski definition) is 2. The Labute approximate surface area is 100 Å². The zero-order valence-corrected chi connectivity index (χ0v) is 10.4. The summed E-state index contributed by atoms with van der Waals surface area (Å²) >= 11 is 1.75. The standard InChI is InChI=1S/C12H17NO2S/c1-3-16-10-6-4-9(5-7-10)12(2,13)8-11(14)15/h4-7H,3,8,13H2,1-2H3,(H,14,15). The molecular weight excluding hydrogens is 222 g/mol. The fraction of sp³-hybridized carbons (Fsp3) is 0.417. The summed E-state index contributed by atoms with van der Waals surface area (Å²) in [7, 11) is 0. The summed E-state index contributed by atoms with van der Waals surface area (Å²) in [4.78, 5) is 11.9. The van der Waals surface area contributed by atoms with Crippen molar-refractivity contribution in [3.63, 3.8) is 0 Å². The molecule has 0 radical (unpaired) electrons. The fourth-order valence-electron chi connectivity index (χ4n) is 1.51. The molecule has 88 valence electrons. The third-order valence-electron chi connectivity index (χ3n) is 2.34. The number of aliphatic carboxylic acids is 1. The molecule has 0 saturated carbocycles. The van der Waals surface area contributed by atoms with Crippen LogP contribution in [0, 0.1) is 0 Å². The van der Waals surface area contributed by atoms with Gasteiger partial charge in [-0.25, -0.2) is 0 Å². The van der Waals surface area contributed by atoms with Crippen molar-refractivity contribution in [1.82, 2.24) is 0 Å². The van der Waals surface area contributed by atoms with Gasteiger partial charge in [-0.3, -0.25) is 4.79 Å². The molecule has 0 aliphatic carbocycles. The Morgan fingerprint density at radius 2 is 2.00 bits per heavy atom. The third-order valence-corrected chi connectivity index (χ3v) is 3.24. The van der Waals surface area contributed by atoms with Crippen LogP contribution < -0.4 is 5.73 Å². The van der Waals surface area contributed by atoms with Gasteiger partial charge in [0, 0.05) is 10.4 Å². The average Bonchev–Trinajstić information content (AvgIpc) is 2.17. The van der Waals surface area contributed by atoms with Crippen molar-refractivity contribution in [1.29, 1.82) is 0 Å². The van der Waals surface area contributed by atoms with Crippen molar-refractivity contribution in [2.45, 2.75) is 30.7 Å². The van der Waals surface area contributed by atoms with Crippen molar-refractivity contribution >= 4 is 17.7 Å². The molecule has 1 rings (SSSR count). The van der Waals surface area contributed by atoms with Gasteiger partial charge in [0.15, 0.2) is 0 Å². The first-order valence-corrected chi connectivity index (χ1v) is 6.18. The van der Waals surface area contributed by atoms with Gasteiger partial charge in [-0.05, 0) is 30.4 Å². The van der Waals surface area contributed by atoms with Gasteiger partial charge >= 0.3 is 5.97 Å². The third kappa shape index (κ3) is 3.54. The molecule has 0 aliphatic rings. The Balaban J connectivity index is 2.83. The molecule has 0 fully saturated rings. The van der Waals surface area contributed by atoms with E-state index >= 15 is 0 Å². The van der Waals surface area contributed by atoms with E-state index in [1.54, 1.807) is 18.7 Å². The maximum absolute atomic E-state index is 10.7. The number of nitrogens with two attached hydrogens (primary N) is 1. The second kappa shape index (κ2) is 5.37. The van der Waals surface area contributed by atoms with E-state index in [9.17, 15) is 4.79 Å². The lowest BCUT2D eigenvalue weighted by molar-refractivity contribution is -0.138. The van der Waals surface area contributed by atoms with Gasteiger partial charge in [-0.1, -0.05) is 19.1 Å². The van der Waals surface area contributed by atoms with Gasteiger partial charge in [-0.15, -0.1) is 11.8 Å². The molecule has 0 saturated heterocycles. The predicted octanol–water partition coefficient (Wildman–Crippen LogP) is 2.45. The van der Waals surface area contributed by atoms with Gasteiger partial charge in [0.25, 0.3) is 0 Å². The van der Waals surface area contributed by atoms with E-state index in [0.29, 0.717) is 0 Å². The summed E-state index contributed by atoms with van der Waals surface area (Å²) in [5, 5.41) is 8.77. The minimum Gasteiger partial charge on any atom is -0.481 e. The van der Waals surface area contributed by atoms with Crippen LogP contribution in [0.15, 0.2) is 29.2 Å². The Hall–Kier alpha value is -1.00. The van der Waals surface area contributed by atoms with Crippen LogP contribution in [0.1, 0.15) is 25.8 Å². The molecule has 0 aromatic heterocycles. The lowest BCUT2D eigenvalue weighted by atomic mass is 9.90. The largest absolute Gasteiger partial charge is 0.481 e. The molecule has 1 aromatic carbocycles. The van der Waals surface area contributed by atoms with Crippen LogP contribution in [0.25, 0.3) is 0 Å².